The molecule has 1 atom stereocenters. The van der Waals surface area contributed by atoms with Crippen molar-refractivity contribution in [1.82, 2.24) is 5.32 Å². The van der Waals surface area contributed by atoms with Crippen molar-refractivity contribution in [2.75, 3.05) is 26.8 Å². The standard InChI is InChI=1S/C16H27NO2/c1-13(2)10-15(12-17-8-9-19-3)11-14-4-6-16(18)7-5-14/h4-7,13,15,17-18H,8-12H2,1-3H3. The first-order valence-corrected chi connectivity index (χ1v) is 7.09. The predicted molar refractivity (Wildman–Crippen MR) is 79.5 cm³/mol. The fraction of sp³-hybridized carbons (Fsp3) is 0.625. The number of hydrogen-bond acceptors (Lipinski definition) is 3. The van der Waals surface area contributed by atoms with Gasteiger partial charge < -0.3 is 15.2 Å². The van der Waals surface area contributed by atoms with E-state index in [4.69, 9.17) is 4.74 Å². The highest BCUT2D eigenvalue weighted by Gasteiger charge is 2.11. The average Bonchev–Trinajstić information content (AvgIpc) is 2.36. The highest BCUT2D eigenvalue weighted by atomic mass is 16.5. The Kier molecular flexibility index (Phi) is 7.53. The van der Waals surface area contributed by atoms with Crippen LogP contribution in [0.15, 0.2) is 24.3 Å². The van der Waals surface area contributed by atoms with Crippen molar-refractivity contribution < 1.29 is 9.84 Å². The largest absolute Gasteiger partial charge is 0.508 e. The van der Waals surface area contributed by atoms with Gasteiger partial charge in [-0.05, 0) is 48.9 Å². The van der Waals surface area contributed by atoms with Crippen molar-refractivity contribution >= 4 is 0 Å². The topological polar surface area (TPSA) is 41.5 Å². The van der Waals surface area contributed by atoms with Gasteiger partial charge in [-0.3, -0.25) is 0 Å². The quantitative estimate of drug-likeness (QED) is 0.675. The number of rotatable bonds is 9. The minimum atomic E-state index is 0.336. The Hall–Kier alpha value is -1.06. The number of nitrogens with one attached hydrogen (secondary N) is 1. The molecule has 0 aliphatic carbocycles. The van der Waals surface area contributed by atoms with Gasteiger partial charge in [0.05, 0.1) is 6.61 Å². The van der Waals surface area contributed by atoms with Crippen LogP contribution in [-0.4, -0.2) is 31.9 Å². The molecule has 0 aliphatic rings. The third-order valence-corrected chi connectivity index (χ3v) is 3.18. The second-order valence-electron chi connectivity index (χ2n) is 5.56. The van der Waals surface area contributed by atoms with Gasteiger partial charge in [0.2, 0.25) is 0 Å². The summed E-state index contributed by atoms with van der Waals surface area (Å²) in [7, 11) is 1.73. The number of aromatic hydroxyl groups is 1. The second kappa shape index (κ2) is 8.94. The molecule has 1 unspecified atom stereocenters. The van der Waals surface area contributed by atoms with E-state index in [1.165, 1.54) is 12.0 Å². The molecule has 1 aromatic carbocycles. The van der Waals surface area contributed by atoms with E-state index in [0.29, 0.717) is 17.6 Å². The van der Waals surface area contributed by atoms with Crippen LogP contribution in [0.3, 0.4) is 0 Å². The van der Waals surface area contributed by atoms with Crippen LogP contribution in [0.5, 0.6) is 5.75 Å². The Balaban J connectivity index is 2.46. The lowest BCUT2D eigenvalue weighted by molar-refractivity contribution is 0.197. The Morgan fingerprint density at radius 3 is 2.47 bits per heavy atom. The molecule has 0 bridgehead atoms. The highest BCUT2D eigenvalue weighted by molar-refractivity contribution is 5.26. The molecule has 0 heterocycles. The lowest BCUT2D eigenvalue weighted by atomic mass is 9.91. The number of benzene rings is 1. The maximum absolute atomic E-state index is 9.31. The Bertz CT molecular complexity index is 335. The molecule has 0 fully saturated rings. The van der Waals surface area contributed by atoms with Gasteiger partial charge in [-0.1, -0.05) is 26.0 Å². The van der Waals surface area contributed by atoms with Crippen LogP contribution >= 0.6 is 0 Å². The SMILES string of the molecule is COCCNCC(Cc1ccc(O)cc1)CC(C)C. The number of ether oxygens (including phenoxy) is 1. The van der Waals surface area contributed by atoms with Gasteiger partial charge in [0.25, 0.3) is 0 Å². The van der Waals surface area contributed by atoms with Gasteiger partial charge in [-0.15, -0.1) is 0 Å². The smallest absolute Gasteiger partial charge is 0.115 e. The first-order chi connectivity index (χ1) is 9.11. The molecule has 0 saturated carbocycles. The van der Waals surface area contributed by atoms with E-state index in [0.717, 1.165) is 26.1 Å². The van der Waals surface area contributed by atoms with E-state index >= 15 is 0 Å². The van der Waals surface area contributed by atoms with E-state index in [1.807, 2.05) is 12.1 Å². The zero-order chi connectivity index (χ0) is 14.1. The zero-order valence-electron chi connectivity index (χ0n) is 12.4. The number of methoxy groups -OCH3 is 1. The van der Waals surface area contributed by atoms with Crippen LogP contribution in [0.25, 0.3) is 0 Å². The molecule has 0 spiro atoms. The van der Waals surface area contributed by atoms with Gasteiger partial charge in [0.15, 0.2) is 0 Å². The van der Waals surface area contributed by atoms with E-state index < -0.39 is 0 Å². The molecule has 0 saturated heterocycles. The minimum Gasteiger partial charge on any atom is -0.508 e. The third-order valence-electron chi connectivity index (χ3n) is 3.18. The lowest BCUT2D eigenvalue weighted by Gasteiger charge is -2.20. The molecule has 0 aromatic heterocycles. The molecule has 1 rings (SSSR count). The van der Waals surface area contributed by atoms with E-state index in [-0.39, 0.29) is 0 Å². The zero-order valence-corrected chi connectivity index (χ0v) is 12.4. The number of phenols is 1. The van der Waals surface area contributed by atoms with Crippen molar-refractivity contribution in [2.45, 2.75) is 26.7 Å². The summed E-state index contributed by atoms with van der Waals surface area (Å²) in [6.45, 7) is 7.20. The lowest BCUT2D eigenvalue weighted by Crippen LogP contribution is -2.28. The molecule has 1 aromatic rings. The molecule has 2 N–H and O–H groups in total. The Labute approximate surface area is 117 Å². The molecule has 0 radical (unpaired) electrons. The summed E-state index contributed by atoms with van der Waals surface area (Å²) in [6, 6.07) is 7.55. The molecule has 0 amide bonds. The van der Waals surface area contributed by atoms with E-state index in [1.54, 1.807) is 19.2 Å². The van der Waals surface area contributed by atoms with E-state index in [2.05, 4.69) is 19.2 Å². The van der Waals surface area contributed by atoms with Crippen molar-refractivity contribution in [3.05, 3.63) is 29.8 Å². The summed E-state index contributed by atoms with van der Waals surface area (Å²) in [5, 5.41) is 12.8. The number of hydrogen-bond donors (Lipinski definition) is 2. The average molecular weight is 265 g/mol. The predicted octanol–water partition coefficient (Wildman–Crippen LogP) is 2.83. The van der Waals surface area contributed by atoms with Crippen LogP contribution in [-0.2, 0) is 11.2 Å². The summed E-state index contributed by atoms with van der Waals surface area (Å²) in [5.74, 6) is 1.66. The van der Waals surface area contributed by atoms with Gasteiger partial charge in [0.1, 0.15) is 5.75 Å². The maximum atomic E-state index is 9.31. The Morgan fingerprint density at radius 1 is 1.21 bits per heavy atom. The molecule has 108 valence electrons. The molecular formula is C16H27NO2. The molecule has 0 aliphatic heterocycles. The van der Waals surface area contributed by atoms with Crippen molar-refractivity contribution in [1.29, 1.82) is 0 Å². The summed E-state index contributed by atoms with van der Waals surface area (Å²) in [4.78, 5) is 0. The first-order valence-electron chi connectivity index (χ1n) is 7.09. The first kappa shape index (κ1) is 16.0. The van der Waals surface area contributed by atoms with E-state index in [9.17, 15) is 5.11 Å². The van der Waals surface area contributed by atoms with Crippen LogP contribution in [0, 0.1) is 11.8 Å². The third kappa shape index (κ3) is 7.19. The number of phenolic OH excluding ortho intramolecular Hbond substituents is 1. The Morgan fingerprint density at radius 2 is 1.89 bits per heavy atom. The minimum absolute atomic E-state index is 0.336. The molecular weight excluding hydrogens is 238 g/mol. The van der Waals surface area contributed by atoms with Crippen LogP contribution < -0.4 is 5.32 Å². The molecule has 3 nitrogen and oxygen atoms in total. The second-order valence-corrected chi connectivity index (χ2v) is 5.56. The van der Waals surface area contributed by atoms with Crippen molar-refractivity contribution in [3.8, 4) is 5.75 Å². The van der Waals surface area contributed by atoms with Gasteiger partial charge in [-0.2, -0.15) is 0 Å². The summed E-state index contributed by atoms with van der Waals surface area (Å²) < 4.78 is 5.05. The highest BCUT2D eigenvalue weighted by Crippen LogP contribution is 2.18. The summed E-state index contributed by atoms with van der Waals surface area (Å²) >= 11 is 0. The van der Waals surface area contributed by atoms with Crippen LogP contribution in [0.2, 0.25) is 0 Å². The van der Waals surface area contributed by atoms with Crippen LogP contribution in [0.4, 0.5) is 0 Å². The summed E-state index contributed by atoms with van der Waals surface area (Å²) in [6.07, 6.45) is 2.26. The van der Waals surface area contributed by atoms with Crippen molar-refractivity contribution in [3.63, 3.8) is 0 Å². The molecule has 19 heavy (non-hydrogen) atoms. The van der Waals surface area contributed by atoms with Gasteiger partial charge in [-0.25, -0.2) is 0 Å². The normalized spacial score (nSPS) is 12.8. The monoisotopic (exact) mass is 265 g/mol. The van der Waals surface area contributed by atoms with Crippen LogP contribution in [0.1, 0.15) is 25.8 Å². The fourth-order valence-corrected chi connectivity index (χ4v) is 2.35. The van der Waals surface area contributed by atoms with Gasteiger partial charge in [0, 0.05) is 13.7 Å². The maximum Gasteiger partial charge on any atom is 0.115 e. The van der Waals surface area contributed by atoms with Crippen molar-refractivity contribution in [2.24, 2.45) is 11.8 Å². The molecule has 3 heteroatoms. The van der Waals surface area contributed by atoms with Gasteiger partial charge >= 0.3 is 0 Å². The fourth-order valence-electron chi connectivity index (χ4n) is 2.35. The summed E-state index contributed by atoms with van der Waals surface area (Å²) in [5.41, 5.74) is 1.29.